The molecule has 0 unspecified atom stereocenters. The Hall–Kier alpha value is -2.41. The maximum Gasteiger partial charge on any atom is 0.268 e. The average Bonchev–Trinajstić information content (AvgIpc) is 3.41. The molecule has 5 rings (SSSR count). The molecule has 7 heteroatoms. The van der Waals surface area contributed by atoms with Crippen molar-refractivity contribution in [2.24, 2.45) is 5.92 Å². The third-order valence-electron chi connectivity index (χ3n) is 5.62. The van der Waals surface area contributed by atoms with Crippen molar-refractivity contribution in [2.75, 3.05) is 17.2 Å². The Labute approximate surface area is 165 Å². The molecule has 1 saturated heterocycles. The first-order valence-electron chi connectivity index (χ1n) is 9.33. The zero-order valence-corrected chi connectivity index (χ0v) is 15.8. The number of hydrogen-bond donors (Lipinski definition) is 0. The van der Waals surface area contributed by atoms with E-state index in [1.807, 2.05) is 24.3 Å². The summed E-state index contributed by atoms with van der Waals surface area (Å²) in [5, 5.41) is 0. The van der Waals surface area contributed by atoms with Gasteiger partial charge in [0.2, 0.25) is 5.91 Å². The van der Waals surface area contributed by atoms with Crippen LogP contribution in [0, 0.1) is 17.6 Å². The van der Waals surface area contributed by atoms with Crippen LogP contribution >= 0.6 is 11.8 Å². The van der Waals surface area contributed by atoms with Crippen molar-refractivity contribution in [2.45, 2.75) is 24.3 Å². The first-order valence-corrected chi connectivity index (χ1v) is 10.3. The number of para-hydroxylation sites is 1. The molecule has 2 aromatic rings. The highest BCUT2D eigenvalue weighted by Gasteiger charge is 2.60. The molecule has 2 heterocycles. The number of amides is 2. The van der Waals surface area contributed by atoms with E-state index < -0.39 is 16.5 Å². The van der Waals surface area contributed by atoms with Gasteiger partial charge in [0.1, 0.15) is 0 Å². The van der Waals surface area contributed by atoms with Gasteiger partial charge >= 0.3 is 0 Å². The van der Waals surface area contributed by atoms with Gasteiger partial charge < -0.3 is 9.80 Å². The Bertz CT molecular complexity index is 994. The highest BCUT2D eigenvalue weighted by atomic mass is 32.2. The highest BCUT2D eigenvalue weighted by molar-refractivity contribution is 8.01. The molecule has 2 fully saturated rings. The molecule has 2 amide bonds. The van der Waals surface area contributed by atoms with Crippen LogP contribution < -0.4 is 4.90 Å². The molecule has 2 aliphatic heterocycles. The lowest BCUT2D eigenvalue weighted by molar-refractivity contribution is -0.141. The van der Waals surface area contributed by atoms with Gasteiger partial charge in [0.25, 0.3) is 5.91 Å². The topological polar surface area (TPSA) is 40.6 Å². The summed E-state index contributed by atoms with van der Waals surface area (Å²) in [5.74, 6) is -1.28. The minimum absolute atomic E-state index is 0.0239. The summed E-state index contributed by atoms with van der Waals surface area (Å²) in [6, 6.07) is 11.1. The van der Waals surface area contributed by atoms with E-state index >= 15 is 0 Å². The van der Waals surface area contributed by atoms with Gasteiger partial charge in [0, 0.05) is 23.8 Å². The number of thioether (sulfide) groups is 1. The summed E-state index contributed by atoms with van der Waals surface area (Å²) in [6.07, 6.45) is 1.76. The molecule has 3 aliphatic rings. The standard InChI is InChI=1S/C21H18F2N2O2S/c22-16-8-5-13(11-17(16)23)12-24-18-4-2-1-3-15(18)21(20(24)27)25(9-10-28-21)19(26)14-6-7-14/h1-5,8,11,14H,6-7,9-10,12H2/t21-/m0/s1. The molecule has 2 aromatic carbocycles. The van der Waals surface area contributed by atoms with Crippen molar-refractivity contribution < 1.29 is 18.4 Å². The van der Waals surface area contributed by atoms with E-state index in [4.69, 9.17) is 0 Å². The second-order valence-corrected chi connectivity index (χ2v) is 8.70. The van der Waals surface area contributed by atoms with E-state index in [1.54, 1.807) is 9.80 Å². The van der Waals surface area contributed by atoms with Crippen molar-refractivity contribution >= 4 is 29.3 Å². The van der Waals surface area contributed by atoms with Gasteiger partial charge in [-0.05, 0) is 36.6 Å². The molecule has 0 bridgehead atoms. The summed E-state index contributed by atoms with van der Waals surface area (Å²) in [5.41, 5.74) is 2.03. The van der Waals surface area contributed by atoms with Crippen LogP contribution in [0.25, 0.3) is 0 Å². The summed E-state index contributed by atoms with van der Waals surface area (Å²) in [4.78, 5) is 28.8. The summed E-state index contributed by atoms with van der Waals surface area (Å²) < 4.78 is 27.0. The Morgan fingerprint density at radius 3 is 2.68 bits per heavy atom. The lowest BCUT2D eigenvalue weighted by atomic mass is 10.1. The number of nitrogens with zero attached hydrogens (tertiary/aromatic N) is 2. The third-order valence-corrected chi connectivity index (χ3v) is 7.04. The summed E-state index contributed by atoms with van der Waals surface area (Å²) in [6.45, 7) is 0.667. The van der Waals surface area contributed by atoms with E-state index in [-0.39, 0.29) is 24.3 Å². The smallest absolute Gasteiger partial charge is 0.268 e. The second-order valence-electron chi connectivity index (χ2n) is 7.41. The number of anilines is 1. The molecule has 0 aromatic heterocycles. The van der Waals surface area contributed by atoms with Gasteiger partial charge in [-0.3, -0.25) is 9.59 Å². The normalized spacial score (nSPS) is 23.6. The molecule has 0 radical (unpaired) electrons. The molecule has 1 aliphatic carbocycles. The van der Waals surface area contributed by atoms with Crippen molar-refractivity contribution in [3.8, 4) is 0 Å². The second kappa shape index (κ2) is 6.30. The molecule has 0 N–H and O–H groups in total. The van der Waals surface area contributed by atoms with Gasteiger partial charge in [-0.15, -0.1) is 11.8 Å². The largest absolute Gasteiger partial charge is 0.315 e. The fraction of sp³-hybridized carbons (Fsp3) is 0.333. The SMILES string of the molecule is O=C(C1CC1)N1CCS[C@@]12C(=O)N(Cc1ccc(F)c(F)c1)c1ccccc12. The number of halogens is 2. The van der Waals surface area contributed by atoms with Crippen LogP contribution in [0.3, 0.4) is 0 Å². The van der Waals surface area contributed by atoms with Crippen LogP contribution in [0.1, 0.15) is 24.0 Å². The quantitative estimate of drug-likeness (QED) is 0.790. The van der Waals surface area contributed by atoms with E-state index in [1.165, 1.54) is 17.8 Å². The minimum atomic E-state index is -1.05. The van der Waals surface area contributed by atoms with Crippen molar-refractivity contribution in [3.05, 3.63) is 65.2 Å². The van der Waals surface area contributed by atoms with E-state index in [0.717, 1.165) is 36.2 Å². The predicted molar refractivity (Wildman–Crippen MR) is 103 cm³/mol. The van der Waals surface area contributed by atoms with Gasteiger partial charge in [-0.25, -0.2) is 8.78 Å². The Morgan fingerprint density at radius 2 is 1.93 bits per heavy atom. The summed E-state index contributed by atoms with van der Waals surface area (Å²) >= 11 is 1.48. The molecule has 1 spiro atoms. The molecule has 4 nitrogen and oxygen atoms in total. The number of carbonyl (C=O) groups is 2. The number of benzene rings is 2. The Morgan fingerprint density at radius 1 is 1.14 bits per heavy atom. The molecule has 1 saturated carbocycles. The summed E-state index contributed by atoms with van der Waals surface area (Å²) in [7, 11) is 0. The van der Waals surface area contributed by atoms with Crippen molar-refractivity contribution in [3.63, 3.8) is 0 Å². The number of rotatable bonds is 3. The van der Waals surface area contributed by atoms with Gasteiger partial charge in [-0.1, -0.05) is 24.3 Å². The third kappa shape index (κ3) is 2.49. The van der Waals surface area contributed by atoms with E-state index in [9.17, 15) is 18.4 Å². The zero-order chi connectivity index (χ0) is 19.5. The van der Waals surface area contributed by atoms with Gasteiger partial charge in [0.15, 0.2) is 16.5 Å². The van der Waals surface area contributed by atoms with E-state index in [2.05, 4.69) is 0 Å². The molecule has 28 heavy (non-hydrogen) atoms. The van der Waals surface area contributed by atoms with Crippen molar-refractivity contribution in [1.29, 1.82) is 0 Å². The van der Waals surface area contributed by atoms with E-state index in [0.29, 0.717) is 17.9 Å². The molecule has 144 valence electrons. The lowest BCUT2D eigenvalue weighted by Crippen LogP contribution is -2.50. The Balaban J connectivity index is 1.56. The van der Waals surface area contributed by atoms with Crippen LogP contribution in [0.4, 0.5) is 14.5 Å². The first-order chi connectivity index (χ1) is 13.5. The van der Waals surface area contributed by atoms with Crippen LogP contribution in [-0.2, 0) is 21.0 Å². The predicted octanol–water partition coefficient (Wildman–Crippen LogP) is 3.65. The van der Waals surface area contributed by atoms with Crippen LogP contribution in [0.5, 0.6) is 0 Å². The molecular formula is C21H18F2N2O2S. The number of fused-ring (bicyclic) bond motifs is 2. The average molecular weight is 400 g/mol. The Kier molecular flexibility index (Phi) is 3.98. The molecule has 1 atom stereocenters. The maximum atomic E-state index is 13.7. The van der Waals surface area contributed by atoms with Crippen molar-refractivity contribution in [1.82, 2.24) is 4.90 Å². The van der Waals surface area contributed by atoms with Gasteiger partial charge in [0.05, 0.1) is 12.2 Å². The maximum absolute atomic E-state index is 13.7. The lowest BCUT2D eigenvalue weighted by Gasteiger charge is -2.33. The minimum Gasteiger partial charge on any atom is -0.315 e. The van der Waals surface area contributed by atoms with Crippen LogP contribution in [0.15, 0.2) is 42.5 Å². The zero-order valence-electron chi connectivity index (χ0n) is 15.0. The fourth-order valence-electron chi connectivity index (χ4n) is 4.12. The molecular weight excluding hydrogens is 382 g/mol. The fourth-order valence-corrected chi connectivity index (χ4v) is 5.59. The number of carbonyl (C=O) groups excluding carboxylic acids is 2. The van der Waals surface area contributed by atoms with Crippen LogP contribution in [-0.4, -0.2) is 29.0 Å². The number of hydrogen-bond acceptors (Lipinski definition) is 3. The first kappa shape index (κ1) is 17.7. The van der Waals surface area contributed by atoms with Gasteiger partial charge in [-0.2, -0.15) is 0 Å². The monoisotopic (exact) mass is 400 g/mol. The van der Waals surface area contributed by atoms with Crippen LogP contribution in [0.2, 0.25) is 0 Å². The highest BCUT2D eigenvalue weighted by Crippen LogP contribution is 2.55.